The molecular formula is C14H20N4OS2. The summed E-state index contributed by atoms with van der Waals surface area (Å²) in [4.78, 5) is 17.5. The van der Waals surface area contributed by atoms with E-state index in [0.717, 1.165) is 18.7 Å². The van der Waals surface area contributed by atoms with Crippen LogP contribution in [-0.4, -0.2) is 32.4 Å². The van der Waals surface area contributed by atoms with Crippen molar-refractivity contribution in [3.05, 3.63) is 28.2 Å². The van der Waals surface area contributed by atoms with Crippen molar-refractivity contribution in [2.24, 2.45) is 0 Å². The number of hydrogen-bond acceptors (Lipinski definition) is 5. The maximum absolute atomic E-state index is 11.9. The maximum atomic E-state index is 11.9. The van der Waals surface area contributed by atoms with Crippen LogP contribution in [0.1, 0.15) is 37.9 Å². The van der Waals surface area contributed by atoms with Gasteiger partial charge in [-0.15, -0.1) is 16.4 Å². The van der Waals surface area contributed by atoms with Gasteiger partial charge >= 0.3 is 0 Å². The summed E-state index contributed by atoms with van der Waals surface area (Å²) >= 11 is 3.05. The van der Waals surface area contributed by atoms with Gasteiger partial charge in [-0.2, -0.15) is 0 Å². The van der Waals surface area contributed by atoms with Gasteiger partial charge in [0.25, 0.3) is 0 Å². The van der Waals surface area contributed by atoms with Crippen molar-refractivity contribution >= 4 is 29.0 Å². The number of aromatic amines is 1. The molecule has 2 N–H and O–H groups in total. The fourth-order valence-electron chi connectivity index (χ4n) is 1.63. The molecule has 0 radical (unpaired) electrons. The molecule has 21 heavy (non-hydrogen) atoms. The molecule has 1 amide bonds. The first kappa shape index (κ1) is 16.0. The van der Waals surface area contributed by atoms with Crippen molar-refractivity contribution in [2.75, 3.05) is 5.75 Å². The minimum absolute atomic E-state index is 0.0106. The minimum atomic E-state index is -0.166. The van der Waals surface area contributed by atoms with Crippen molar-refractivity contribution in [3.8, 4) is 0 Å². The average molecular weight is 324 g/mol. The molecule has 0 atom stereocenters. The zero-order valence-electron chi connectivity index (χ0n) is 12.5. The fraction of sp³-hybridized carbons (Fsp3) is 0.500. The van der Waals surface area contributed by atoms with Crippen molar-refractivity contribution in [1.29, 1.82) is 0 Å². The number of thioether (sulfide) groups is 1. The lowest BCUT2D eigenvalue weighted by molar-refractivity contribution is -0.120. The Balaban J connectivity index is 1.81. The molecule has 0 unspecified atom stereocenters. The zero-order valence-corrected chi connectivity index (χ0v) is 14.1. The van der Waals surface area contributed by atoms with Gasteiger partial charge < -0.3 is 5.32 Å². The molecule has 0 saturated carbocycles. The van der Waals surface area contributed by atoms with E-state index in [2.05, 4.69) is 33.5 Å². The number of nitrogens with zero attached hydrogens (tertiary/aromatic N) is 2. The Morgan fingerprint density at radius 3 is 3.00 bits per heavy atom. The van der Waals surface area contributed by atoms with E-state index in [9.17, 15) is 4.79 Å². The summed E-state index contributed by atoms with van der Waals surface area (Å²) in [6.45, 7) is 6.09. The van der Waals surface area contributed by atoms with Gasteiger partial charge in [0.2, 0.25) is 11.1 Å². The van der Waals surface area contributed by atoms with Gasteiger partial charge in [0.05, 0.1) is 5.75 Å². The highest BCUT2D eigenvalue weighted by Crippen LogP contribution is 2.16. The minimum Gasteiger partial charge on any atom is -0.351 e. The molecule has 0 bridgehead atoms. The highest BCUT2D eigenvalue weighted by Gasteiger charge is 2.18. The Bertz CT molecular complexity index is 578. The second kappa shape index (κ2) is 7.09. The third kappa shape index (κ3) is 5.17. The van der Waals surface area contributed by atoms with E-state index >= 15 is 0 Å². The van der Waals surface area contributed by atoms with E-state index in [0.29, 0.717) is 10.9 Å². The Morgan fingerprint density at radius 1 is 1.52 bits per heavy atom. The Kier molecular flexibility index (Phi) is 5.41. The van der Waals surface area contributed by atoms with Gasteiger partial charge in [-0.05, 0) is 31.7 Å². The van der Waals surface area contributed by atoms with Crippen molar-refractivity contribution < 1.29 is 4.79 Å². The lowest BCUT2D eigenvalue weighted by Gasteiger charge is -2.24. The van der Waals surface area contributed by atoms with Crippen LogP contribution < -0.4 is 5.32 Å². The number of carbonyl (C=O) groups is 1. The first-order valence-electron chi connectivity index (χ1n) is 6.86. The van der Waals surface area contributed by atoms with Gasteiger partial charge in [-0.25, -0.2) is 4.98 Å². The Hall–Kier alpha value is -1.34. The van der Waals surface area contributed by atoms with Crippen LogP contribution in [0.15, 0.2) is 22.7 Å². The van der Waals surface area contributed by atoms with Crippen molar-refractivity contribution in [2.45, 2.75) is 44.3 Å². The van der Waals surface area contributed by atoms with Crippen LogP contribution in [0.25, 0.3) is 0 Å². The third-order valence-corrected chi connectivity index (χ3v) is 4.85. The van der Waals surface area contributed by atoms with Crippen LogP contribution in [0, 0.1) is 0 Å². The molecule has 0 aliphatic rings. The van der Waals surface area contributed by atoms with E-state index in [1.807, 2.05) is 25.3 Å². The van der Waals surface area contributed by atoms with E-state index in [1.54, 1.807) is 11.3 Å². The highest BCUT2D eigenvalue weighted by atomic mass is 32.2. The van der Waals surface area contributed by atoms with Crippen LogP contribution in [0.5, 0.6) is 0 Å². The molecule has 2 aromatic rings. The molecule has 114 valence electrons. The first-order chi connectivity index (χ1) is 9.98. The van der Waals surface area contributed by atoms with Gasteiger partial charge in [-0.3, -0.25) is 9.89 Å². The lowest BCUT2D eigenvalue weighted by Crippen LogP contribution is -2.43. The summed E-state index contributed by atoms with van der Waals surface area (Å²) in [6, 6.07) is 4.09. The number of hydrogen-bond donors (Lipinski definition) is 2. The number of rotatable bonds is 7. The van der Waals surface area contributed by atoms with E-state index < -0.39 is 0 Å². The molecule has 2 heterocycles. The number of amides is 1. The normalized spacial score (nSPS) is 11.6. The number of thiophene rings is 1. The average Bonchev–Trinajstić information content (AvgIpc) is 3.08. The summed E-state index contributed by atoms with van der Waals surface area (Å²) in [6.07, 6.45) is 1.65. The largest absolute Gasteiger partial charge is 0.351 e. The molecule has 0 fully saturated rings. The quantitative estimate of drug-likeness (QED) is 0.768. The number of aromatic nitrogens is 3. The molecule has 0 spiro atoms. The molecule has 0 saturated heterocycles. The summed E-state index contributed by atoms with van der Waals surface area (Å²) in [5.74, 6) is 1.17. The van der Waals surface area contributed by atoms with Crippen LogP contribution in [-0.2, 0) is 11.2 Å². The number of H-pyrrole nitrogens is 1. The van der Waals surface area contributed by atoms with Crippen LogP contribution in [0.2, 0.25) is 0 Å². The molecule has 2 aromatic heterocycles. The maximum Gasteiger partial charge on any atom is 0.230 e. The Morgan fingerprint density at radius 2 is 2.33 bits per heavy atom. The van der Waals surface area contributed by atoms with E-state index in [-0.39, 0.29) is 11.4 Å². The van der Waals surface area contributed by atoms with E-state index in [4.69, 9.17) is 0 Å². The van der Waals surface area contributed by atoms with Crippen molar-refractivity contribution in [1.82, 2.24) is 20.5 Å². The zero-order chi connectivity index (χ0) is 15.3. The second-order valence-corrected chi connectivity index (χ2v) is 7.37. The predicted octanol–water partition coefficient (Wildman–Crippen LogP) is 2.85. The van der Waals surface area contributed by atoms with Gasteiger partial charge in [-0.1, -0.05) is 24.8 Å². The fourth-order valence-corrected chi connectivity index (χ4v) is 2.96. The molecule has 5 nitrogen and oxygen atoms in total. The van der Waals surface area contributed by atoms with Crippen molar-refractivity contribution in [3.63, 3.8) is 0 Å². The molecular weight excluding hydrogens is 304 g/mol. The monoisotopic (exact) mass is 324 g/mol. The standard InChI is InChI=1S/C14H20N4OS2/c1-4-14(2,3)16-12(19)9-21-13-15-11(17-18-13)8-10-6-5-7-20-10/h5-7H,4,8-9H2,1-3H3,(H,16,19)(H,15,17,18). The summed E-state index contributed by atoms with van der Waals surface area (Å²) in [5, 5.41) is 12.7. The van der Waals surface area contributed by atoms with Gasteiger partial charge in [0.15, 0.2) is 0 Å². The third-order valence-electron chi connectivity index (χ3n) is 3.13. The summed E-state index contributed by atoms with van der Waals surface area (Å²) in [5.41, 5.74) is -0.166. The summed E-state index contributed by atoms with van der Waals surface area (Å²) in [7, 11) is 0. The molecule has 2 rings (SSSR count). The molecule has 0 aliphatic heterocycles. The Labute approximate surface area is 132 Å². The van der Waals surface area contributed by atoms with Gasteiger partial charge in [0, 0.05) is 16.8 Å². The SMILES string of the molecule is CCC(C)(C)NC(=O)CSc1n[nH]c(Cc2cccs2)n1. The summed E-state index contributed by atoms with van der Waals surface area (Å²) < 4.78 is 0. The smallest absolute Gasteiger partial charge is 0.230 e. The molecule has 0 aromatic carbocycles. The van der Waals surface area contributed by atoms with E-state index in [1.165, 1.54) is 16.6 Å². The predicted molar refractivity (Wildman–Crippen MR) is 86.7 cm³/mol. The topological polar surface area (TPSA) is 70.7 Å². The number of nitrogens with one attached hydrogen (secondary N) is 2. The first-order valence-corrected chi connectivity index (χ1v) is 8.72. The second-order valence-electron chi connectivity index (χ2n) is 5.40. The van der Waals surface area contributed by atoms with Crippen LogP contribution >= 0.6 is 23.1 Å². The van der Waals surface area contributed by atoms with Crippen LogP contribution in [0.4, 0.5) is 0 Å². The highest BCUT2D eigenvalue weighted by molar-refractivity contribution is 7.99. The molecule has 0 aliphatic carbocycles. The molecule has 7 heteroatoms. The van der Waals surface area contributed by atoms with Crippen LogP contribution in [0.3, 0.4) is 0 Å². The number of carbonyl (C=O) groups excluding carboxylic acids is 1. The lowest BCUT2D eigenvalue weighted by atomic mass is 10.0. The van der Waals surface area contributed by atoms with Gasteiger partial charge in [0.1, 0.15) is 5.82 Å².